The average molecular weight is 879 g/mol. The molecule has 0 fully saturated rings. The quantitative estimate of drug-likeness (QED) is 0.0806. The fourth-order valence-corrected chi connectivity index (χ4v) is 9.72. The highest BCUT2D eigenvalue weighted by molar-refractivity contribution is 5.36. The van der Waals surface area contributed by atoms with E-state index in [1.807, 2.05) is 55.4 Å². The molecule has 0 heteroatoms. The Labute approximate surface area is 405 Å². The van der Waals surface area contributed by atoms with Gasteiger partial charge in [-0.1, -0.05) is 289 Å². The molecule has 7 rings (SSSR count). The molecule has 0 N–H and O–H groups in total. The molecule has 66 heavy (non-hydrogen) atoms. The fraction of sp³-hybridized carbons (Fsp3) is 0.364. The van der Waals surface area contributed by atoms with E-state index < -0.39 is 0 Å². The molecule has 0 aliphatic heterocycles. The maximum absolute atomic E-state index is 2.46. The largest absolute Gasteiger partial charge is 0.0683 e. The predicted octanol–water partition coefficient (Wildman–Crippen LogP) is 20.3. The van der Waals surface area contributed by atoms with Crippen LogP contribution in [0.1, 0.15) is 201 Å². The van der Waals surface area contributed by atoms with E-state index >= 15 is 0 Å². The molecule has 7 aromatic rings. The Morgan fingerprint density at radius 3 is 0.682 bits per heavy atom. The predicted molar refractivity (Wildman–Crippen MR) is 294 cm³/mol. The van der Waals surface area contributed by atoms with Crippen molar-refractivity contribution in [2.24, 2.45) is 0 Å². The summed E-state index contributed by atoms with van der Waals surface area (Å²) in [6.45, 7) is 25.7. The zero-order valence-corrected chi connectivity index (χ0v) is 43.1. The highest BCUT2D eigenvalue weighted by Gasteiger charge is 2.29. The van der Waals surface area contributed by atoms with Gasteiger partial charge in [0.25, 0.3) is 0 Å². The molecular formula is C66H86. The normalized spacial score (nSPS) is 14.1. The van der Waals surface area contributed by atoms with Gasteiger partial charge >= 0.3 is 0 Å². The van der Waals surface area contributed by atoms with E-state index in [1.54, 1.807) is 0 Å². The van der Waals surface area contributed by atoms with Gasteiger partial charge in [0.1, 0.15) is 0 Å². The van der Waals surface area contributed by atoms with Gasteiger partial charge in [0.05, 0.1) is 0 Å². The number of hydrogen-bond donors (Lipinski definition) is 0. The van der Waals surface area contributed by atoms with Crippen molar-refractivity contribution < 1.29 is 0 Å². The van der Waals surface area contributed by atoms with Crippen LogP contribution in [-0.2, 0) is 0 Å². The number of rotatable bonds is 18. The first kappa shape index (κ1) is 54.9. The minimum Gasteiger partial charge on any atom is -0.0683 e. The lowest BCUT2D eigenvalue weighted by Gasteiger charge is -2.32. The van der Waals surface area contributed by atoms with Crippen LogP contribution in [0.15, 0.2) is 206 Å². The molecule has 0 aliphatic rings. The van der Waals surface area contributed by atoms with Crippen molar-refractivity contribution in [2.45, 2.75) is 156 Å². The van der Waals surface area contributed by atoms with Crippen LogP contribution in [0.25, 0.3) is 0 Å². The van der Waals surface area contributed by atoms with Crippen LogP contribution in [0.2, 0.25) is 0 Å². The monoisotopic (exact) mass is 879 g/mol. The lowest BCUT2D eigenvalue weighted by molar-refractivity contribution is 0.437. The Hall–Kier alpha value is -5.46. The first-order valence-electron chi connectivity index (χ1n) is 25.8. The zero-order valence-electron chi connectivity index (χ0n) is 43.1. The van der Waals surface area contributed by atoms with Gasteiger partial charge in [-0.3, -0.25) is 0 Å². The van der Waals surface area contributed by atoms with Crippen LogP contribution in [0, 0.1) is 0 Å². The number of benzene rings is 7. The van der Waals surface area contributed by atoms with E-state index in [-0.39, 0.29) is 0 Å². The summed E-state index contributed by atoms with van der Waals surface area (Å²) in [4.78, 5) is 0. The van der Waals surface area contributed by atoms with Crippen molar-refractivity contribution in [2.75, 3.05) is 0 Å². The van der Waals surface area contributed by atoms with Crippen LogP contribution >= 0.6 is 0 Å². The summed E-state index contributed by atoms with van der Waals surface area (Å²) in [6, 6.07) is 77.1. The molecule has 0 aromatic heterocycles. The minimum absolute atomic E-state index is 0.358. The van der Waals surface area contributed by atoms with Gasteiger partial charge < -0.3 is 0 Å². The molecule has 0 saturated carbocycles. The van der Waals surface area contributed by atoms with Crippen LogP contribution in [0.3, 0.4) is 0 Å². The maximum Gasteiger partial charge on any atom is -0.00899 e. The third-order valence-corrected chi connectivity index (χ3v) is 13.3. The summed E-state index contributed by atoms with van der Waals surface area (Å²) in [5, 5.41) is 0. The Kier molecular flexibility index (Phi) is 26.2. The van der Waals surface area contributed by atoms with E-state index in [2.05, 4.69) is 234 Å². The lowest BCUT2D eigenvalue weighted by Crippen LogP contribution is -2.16. The highest BCUT2D eigenvalue weighted by Crippen LogP contribution is 2.46. The molecule has 350 valence electrons. The summed E-state index contributed by atoms with van der Waals surface area (Å²) in [6.07, 6.45) is 4.44. The summed E-state index contributed by atoms with van der Waals surface area (Å²) in [5.41, 5.74) is 11.4. The molecule has 0 nitrogen and oxygen atoms in total. The Bertz CT molecular complexity index is 2020. The van der Waals surface area contributed by atoms with Crippen molar-refractivity contribution in [3.8, 4) is 0 Å². The Balaban J connectivity index is 0.00000137. The molecule has 0 heterocycles. The fourth-order valence-electron chi connectivity index (χ4n) is 9.72. The minimum atomic E-state index is 0.358. The molecule has 8 atom stereocenters. The van der Waals surface area contributed by atoms with Gasteiger partial charge in [-0.2, -0.15) is 0 Å². The second-order valence-electron chi connectivity index (χ2n) is 17.1. The van der Waals surface area contributed by atoms with Crippen molar-refractivity contribution in [3.05, 3.63) is 251 Å². The highest BCUT2D eigenvalue weighted by atomic mass is 14.3. The molecular weight excluding hydrogens is 793 g/mol. The molecule has 0 amide bonds. The number of hydrogen-bond acceptors (Lipinski definition) is 0. The van der Waals surface area contributed by atoms with Crippen LogP contribution in [0.5, 0.6) is 0 Å². The van der Waals surface area contributed by atoms with E-state index in [0.29, 0.717) is 47.3 Å². The van der Waals surface area contributed by atoms with Crippen molar-refractivity contribution in [1.29, 1.82) is 0 Å². The van der Waals surface area contributed by atoms with Crippen LogP contribution in [-0.4, -0.2) is 0 Å². The SMILES string of the molecule is CC.CC.CC.CC.CC(CC(CC(c1ccccc1)C(C)c1ccc(C(C)C(CC(CC(C)c2ccccc2)c2ccccc2)c2ccccc2)cc1)c1ccccc1)c1ccccc1. The van der Waals surface area contributed by atoms with E-state index in [0.717, 1.165) is 25.7 Å². The molecule has 0 bridgehead atoms. The van der Waals surface area contributed by atoms with Crippen LogP contribution < -0.4 is 0 Å². The first-order chi connectivity index (χ1) is 32.4. The van der Waals surface area contributed by atoms with E-state index in [4.69, 9.17) is 0 Å². The molecule has 0 saturated heterocycles. The van der Waals surface area contributed by atoms with E-state index in [9.17, 15) is 0 Å². The third-order valence-electron chi connectivity index (χ3n) is 13.3. The molecule has 8 unspecified atom stereocenters. The third kappa shape index (κ3) is 16.5. The van der Waals surface area contributed by atoms with Crippen molar-refractivity contribution in [1.82, 2.24) is 0 Å². The molecule has 0 radical (unpaired) electrons. The summed E-state index contributed by atoms with van der Waals surface area (Å²) < 4.78 is 0. The average Bonchev–Trinajstić information content (AvgIpc) is 3.42. The topological polar surface area (TPSA) is 0 Å². The molecule has 7 aromatic carbocycles. The summed E-state index contributed by atoms with van der Waals surface area (Å²) >= 11 is 0. The second kappa shape index (κ2) is 31.5. The van der Waals surface area contributed by atoms with Gasteiger partial charge in [-0.15, -0.1) is 0 Å². The van der Waals surface area contributed by atoms with Crippen molar-refractivity contribution in [3.63, 3.8) is 0 Å². The van der Waals surface area contributed by atoms with Crippen LogP contribution in [0.4, 0.5) is 0 Å². The van der Waals surface area contributed by atoms with Gasteiger partial charge in [-0.05, 0) is 118 Å². The molecule has 0 spiro atoms. The smallest absolute Gasteiger partial charge is 0.00899 e. The van der Waals surface area contributed by atoms with Gasteiger partial charge in [-0.25, -0.2) is 0 Å². The van der Waals surface area contributed by atoms with Gasteiger partial charge in [0, 0.05) is 0 Å². The van der Waals surface area contributed by atoms with E-state index in [1.165, 1.54) is 44.5 Å². The Morgan fingerprint density at radius 1 is 0.227 bits per heavy atom. The summed E-state index contributed by atoms with van der Waals surface area (Å²) in [5.74, 6) is 3.31. The second-order valence-corrected chi connectivity index (χ2v) is 17.1. The lowest BCUT2D eigenvalue weighted by atomic mass is 9.72. The maximum atomic E-state index is 2.46. The standard InChI is InChI=1S/C58H62.4C2H6/c1-43(47-23-11-5-12-24-47)39-55(51-27-15-7-16-28-51)41-57(53-31-19-9-20-32-53)45(3)49-35-37-50(38-36-49)46(4)58(54-33-21-10-22-34-54)42-56(52-29-17-8-18-30-52)40-44(2)48-25-13-6-14-26-48;4*1-2/h5-38,43-46,55-58H,39-42H2,1-4H3;4*1-2H3. The van der Waals surface area contributed by atoms with Crippen molar-refractivity contribution >= 4 is 0 Å². The molecule has 0 aliphatic carbocycles. The zero-order chi connectivity index (χ0) is 48.1. The first-order valence-corrected chi connectivity index (χ1v) is 25.8. The summed E-state index contributed by atoms with van der Waals surface area (Å²) in [7, 11) is 0. The van der Waals surface area contributed by atoms with Gasteiger partial charge in [0.2, 0.25) is 0 Å². The Morgan fingerprint density at radius 2 is 0.439 bits per heavy atom. The van der Waals surface area contributed by atoms with Gasteiger partial charge in [0.15, 0.2) is 0 Å².